The van der Waals surface area contributed by atoms with Crippen LogP contribution in [-0.2, 0) is 17.8 Å². The van der Waals surface area contributed by atoms with E-state index in [1.54, 1.807) is 7.05 Å². The molecule has 1 unspecified atom stereocenters. The fraction of sp³-hybridized carbons (Fsp3) is 0.400. The lowest BCUT2D eigenvalue weighted by Gasteiger charge is -2.17. The van der Waals surface area contributed by atoms with Gasteiger partial charge in [0.05, 0.1) is 0 Å². The number of amides is 1. The molecular weight excluding hydrogens is 344 g/mol. The maximum atomic E-state index is 11.9. The van der Waals surface area contributed by atoms with E-state index < -0.39 is 0 Å². The van der Waals surface area contributed by atoms with E-state index in [1.165, 1.54) is 9.75 Å². The first-order valence-electron chi connectivity index (χ1n) is 8.90. The van der Waals surface area contributed by atoms with Gasteiger partial charge in [-0.1, -0.05) is 30.3 Å². The van der Waals surface area contributed by atoms with Gasteiger partial charge in [0.2, 0.25) is 5.91 Å². The van der Waals surface area contributed by atoms with Crippen LogP contribution in [0.1, 0.15) is 28.7 Å². The average Bonchev–Trinajstić information content (AvgIpc) is 3.04. The van der Waals surface area contributed by atoms with Crippen LogP contribution in [0.15, 0.2) is 47.5 Å². The molecule has 140 valence electrons. The molecule has 2 rings (SSSR count). The molecule has 1 aromatic carbocycles. The van der Waals surface area contributed by atoms with Gasteiger partial charge in [0.25, 0.3) is 0 Å². The standard InChI is InChI=1S/C20H28N4OS/c1-15(13-18-10-9-16(2)26-18)24-20(21-3)22-12-11-19(25)23-14-17-7-5-4-6-8-17/h4-10,15H,11-14H2,1-3H3,(H,23,25)(H2,21,22,24). The van der Waals surface area contributed by atoms with E-state index in [2.05, 4.69) is 46.9 Å². The van der Waals surface area contributed by atoms with E-state index in [4.69, 9.17) is 0 Å². The number of benzene rings is 1. The molecule has 6 heteroatoms. The molecule has 0 saturated carbocycles. The van der Waals surface area contributed by atoms with Gasteiger partial charge in [0, 0.05) is 48.8 Å². The first-order chi connectivity index (χ1) is 12.6. The van der Waals surface area contributed by atoms with Crippen LogP contribution >= 0.6 is 11.3 Å². The van der Waals surface area contributed by atoms with Crippen LogP contribution in [0.2, 0.25) is 0 Å². The highest BCUT2D eigenvalue weighted by atomic mass is 32.1. The summed E-state index contributed by atoms with van der Waals surface area (Å²) in [5, 5.41) is 9.50. The third-order valence-corrected chi connectivity index (χ3v) is 4.91. The number of nitrogens with zero attached hydrogens (tertiary/aromatic N) is 1. The van der Waals surface area contributed by atoms with Gasteiger partial charge >= 0.3 is 0 Å². The quantitative estimate of drug-likeness (QED) is 0.493. The third kappa shape index (κ3) is 7.27. The molecule has 0 bridgehead atoms. The Kier molecular flexibility index (Phi) is 8.15. The summed E-state index contributed by atoms with van der Waals surface area (Å²) in [7, 11) is 1.74. The van der Waals surface area contributed by atoms with Crippen LogP contribution in [0.3, 0.4) is 0 Å². The van der Waals surface area contributed by atoms with Crippen molar-refractivity contribution < 1.29 is 4.79 Å². The van der Waals surface area contributed by atoms with Gasteiger partial charge in [0.1, 0.15) is 0 Å². The summed E-state index contributed by atoms with van der Waals surface area (Å²) >= 11 is 1.82. The topological polar surface area (TPSA) is 65.5 Å². The lowest BCUT2D eigenvalue weighted by molar-refractivity contribution is -0.121. The summed E-state index contributed by atoms with van der Waals surface area (Å²) in [6.07, 6.45) is 1.36. The Hall–Kier alpha value is -2.34. The van der Waals surface area contributed by atoms with Crippen LogP contribution in [0, 0.1) is 6.92 Å². The first kappa shape index (κ1) is 20.0. The van der Waals surface area contributed by atoms with Crippen LogP contribution in [0.4, 0.5) is 0 Å². The van der Waals surface area contributed by atoms with E-state index in [0.29, 0.717) is 19.5 Å². The van der Waals surface area contributed by atoms with Gasteiger partial charge in [-0.15, -0.1) is 11.3 Å². The minimum Gasteiger partial charge on any atom is -0.356 e. The van der Waals surface area contributed by atoms with E-state index in [0.717, 1.165) is 17.9 Å². The highest BCUT2D eigenvalue weighted by Crippen LogP contribution is 2.16. The number of guanidine groups is 1. The summed E-state index contributed by atoms with van der Waals surface area (Å²) in [6.45, 7) is 5.36. The fourth-order valence-corrected chi connectivity index (χ4v) is 3.57. The number of carbonyl (C=O) groups is 1. The molecule has 26 heavy (non-hydrogen) atoms. The molecule has 0 aliphatic rings. The molecule has 1 amide bonds. The zero-order valence-electron chi connectivity index (χ0n) is 15.7. The van der Waals surface area contributed by atoms with E-state index in [-0.39, 0.29) is 11.9 Å². The molecule has 0 radical (unpaired) electrons. The number of aliphatic imine (C=N–C) groups is 1. The predicted molar refractivity (Wildman–Crippen MR) is 110 cm³/mol. The summed E-state index contributed by atoms with van der Waals surface area (Å²) < 4.78 is 0. The maximum absolute atomic E-state index is 11.9. The van der Waals surface area contributed by atoms with Crippen molar-refractivity contribution in [2.75, 3.05) is 13.6 Å². The van der Waals surface area contributed by atoms with Crippen molar-refractivity contribution in [1.29, 1.82) is 0 Å². The number of thiophene rings is 1. The van der Waals surface area contributed by atoms with Crippen molar-refractivity contribution in [3.63, 3.8) is 0 Å². The zero-order valence-corrected chi connectivity index (χ0v) is 16.5. The zero-order chi connectivity index (χ0) is 18.8. The largest absolute Gasteiger partial charge is 0.356 e. The van der Waals surface area contributed by atoms with Crippen molar-refractivity contribution >= 4 is 23.2 Å². The number of aryl methyl sites for hydroxylation is 1. The number of rotatable bonds is 8. The van der Waals surface area contributed by atoms with Crippen LogP contribution in [0.25, 0.3) is 0 Å². The maximum Gasteiger partial charge on any atom is 0.222 e. The molecule has 0 saturated heterocycles. The Morgan fingerprint density at radius 2 is 1.92 bits per heavy atom. The van der Waals surface area contributed by atoms with Crippen LogP contribution < -0.4 is 16.0 Å². The minimum atomic E-state index is 0.0268. The smallest absolute Gasteiger partial charge is 0.222 e. The molecule has 0 spiro atoms. The highest BCUT2D eigenvalue weighted by Gasteiger charge is 2.08. The summed E-state index contributed by atoms with van der Waals surface area (Å²) in [5.74, 6) is 0.751. The Bertz CT molecular complexity index is 712. The Morgan fingerprint density at radius 1 is 1.15 bits per heavy atom. The van der Waals surface area contributed by atoms with E-state index >= 15 is 0 Å². The number of carbonyl (C=O) groups excluding carboxylic acids is 1. The molecule has 2 aromatic rings. The van der Waals surface area contributed by atoms with Crippen molar-refractivity contribution in [3.05, 3.63) is 57.8 Å². The molecule has 3 N–H and O–H groups in total. The molecule has 1 aromatic heterocycles. The van der Waals surface area contributed by atoms with Crippen molar-refractivity contribution in [1.82, 2.24) is 16.0 Å². The molecule has 1 atom stereocenters. The van der Waals surface area contributed by atoms with Gasteiger partial charge in [-0.25, -0.2) is 0 Å². The molecule has 5 nitrogen and oxygen atoms in total. The van der Waals surface area contributed by atoms with Gasteiger partial charge in [0.15, 0.2) is 5.96 Å². The number of hydrogen-bond acceptors (Lipinski definition) is 3. The first-order valence-corrected chi connectivity index (χ1v) is 9.71. The molecular formula is C20H28N4OS. The van der Waals surface area contributed by atoms with E-state index in [1.807, 2.05) is 41.7 Å². The fourth-order valence-electron chi connectivity index (χ4n) is 2.55. The van der Waals surface area contributed by atoms with Crippen molar-refractivity contribution in [2.45, 2.75) is 39.3 Å². The molecule has 0 aliphatic carbocycles. The Balaban J connectivity index is 1.65. The number of nitrogens with one attached hydrogen (secondary N) is 3. The monoisotopic (exact) mass is 372 g/mol. The molecule has 1 heterocycles. The second-order valence-electron chi connectivity index (χ2n) is 6.27. The normalized spacial score (nSPS) is 12.5. The minimum absolute atomic E-state index is 0.0268. The van der Waals surface area contributed by atoms with Crippen molar-refractivity contribution in [3.8, 4) is 0 Å². The molecule has 0 aliphatic heterocycles. The lowest BCUT2D eigenvalue weighted by atomic mass is 10.2. The summed E-state index contributed by atoms with van der Waals surface area (Å²) in [5.41, 5.74) is 1.10. The SMILES string of the molecule is CN=C(NCCC(=O)NCc1ccccc1)NC(C)Cc1ccc(C)s1. The van der Waals surface area contributed by atoms with Crippen molar-refractivity contribution in [2.24, 2.45) is 4.99 Å². The number of hydrogen-bond donors (Lipinski definition) is 3. The highest BCUT2D eigenvalue weighted by molar-refractivity contribution is 7.11. The summed E-state index contributed by atoms with van der Waals surface area (Å²) in [6, 6.07) is 14.5. The van der Waals surface area contributed by atoms with Gasteiger partial charge in [-0.2, -0.15) is 0 Å². The average molecular weight is 373 g/mol. The predicted octanol–water partition coefficient (Wildman–Crippen LogP) is 2.86. The van der Waals surface area contributed by atoms with E-state index in [9.17, 15) is 4.79 Å². The third-order valence-electron chi connectivity index (χ3n) is 3.89. The lowest BCUT2D eigenvalue weighted by Crippen LogP contribution is -2.44. The Morgan fingerprint density at radius 3 is 2.58 bits per heavy atom. The molecule has 0 fully saturated rings. The van der Waals surface area contributed by atoms with Gasteiger partial charge < -0.3 is 16.0 Å². The summed E-state index contributed by atoms with van der Waals surface area (Å²) in [4.78, 5) is 18.9. The Labute approximate surface area is 159 Å². The van der Waals surface area contributed by atoms with Crippen LogP contribution in [-0.4, -0.2) is 31.5 Å². The van der Waals surface area contributed by atoms with Gasteiger partial charge in [-0.05, 0) is 31.5 Å². The van der Waals surface area contributed by atoms with Gasteiger partial charge in [-0.3, -0.25) is 9.79 Å². The van der Waals surface area contributed by atoms with Crippen LogP contribution in [0.5, 0.6) is 0 Å². The second kappa shape index (κ2) is 10.6. The second-order valence-corrected chi connectivity index (χ2v) is 7.65.